The quantitative estimate of drug-likeness (QED) is 0.852. The Morgan fingerprint density at radius 1 is 1.14 bits per heavy atom. The van der Waals surface area contributed by atoms with Crippen LogP contribution in [0, 0.1) is 11.6 Å². The highest BCUT2D eigenvalue weighted by molar-refractivity contribution is 5.76. The molecule has 116 valence electrons. The molecule has 1 aromatic carbocycles. The van der Waals surface area contributed by atoms with Crippen molar-refractivity contribution in [1.29, 1.82) is 0 Å². The fraction of sp³-hybridized carbons (Fsp3) is 0.562. The predicted molar refractivity (Wildman–Crippen MR) is 78.0 cm³/mol. The normalized spacial score (nSPS) is 16.5. The van der Waals surface area contributed by atoms with E-state index in [4.69, 9.17) is 0 Å². The third kappa shape index (κ3) is 4.24. The van der Waals surface area contributed by atoms with E-state index in [9.17, 15) is 13.6 Å². The summed E-state index contributed by atoms with van der Waals surface area (Å²) in [5.74, 6) is -1.62. The summed E-state index contributed by atoms with van der Waals surface area (Å²) in [6.07, 6.45) is 0.785. The molecule has 0 bridgehead atoms. The minimum absolute atomic E-state index is 0.0862. The minimum atomic E-state index is -0.856. The molecule has 1 aliphatic rings. The number of hydrogen-bond donors (Lipinski definition) is 0. The van der Waals surface area contributed by atoms with Crippen molar-refractivity contribution in [3.63, 3.8) is 0 Å². The molecule has 0 aliphatic carbocycles. The number of carbonyl (C=O) groups excluding carboxylic acids is 1. The average molecular weight is 296 g/mol. The first kappa shape index (κ1) is 15.9. The van der Waals surface area contributed by atoms with Gasteiger partial charge >= 0.3 is 0 Å². The maximum absolute atomic E-state index is 13.1. The molecule has 1 aromatic rings. The number of carbonyl (C=O) groups is 1. The molecule has 1 heterocycles. The van der Waals surface area contributed by atoms with Gasteiger partial charge in [0.05, 0.1) is 0 Å². The number of benzene rings is 1. The van der Waals surface area contributed by atoms with Crippen molar-refractivity contribution in [3.8, 4) is 0 Å². The predicted octanol–water partition coefficient (Wildman–Crippen LogP) is 2.45. The molecule has 0 aromatic heterocycles. The molecule has 1 amide bonds. The van der Waals surface area contributed by atoms with Gasteiger partial charge in [0, 0.05) is 38.6 Å². The fourth-order valence-corrected chi connectivity index (χ4v) is 2.59. The van der Waals surface area contributed by atoms with Gasteiger partial charge in [-0.25, -0.2) is 8.78 Å². The van der Waals surface area contributed by atoms with E-state index in [1.54, 1.807) is 0 Å². The van der Waals surface area contributed by atoms with Gasteiger partial charge in [0.15, 0.2) is 11.6 Å². The number of amides is 1. The number of rotatable bonds is 4. The lowest BCUT2D eigenvalue weighted by Gasteiger charge is -2.37. The fourth-order valence-electron chi connectivity index (χ4n) is 2.59. The number of nitrogens with zero attached hydrogens (tertiary/aromatic N) is 2. The number of halogens is 2. The summed E-state index contributed by atoms with van der Waals surface area (Å²) in [4.78, 5) is 16.3. The molecule has 1 aliphatic heterocycles. The second kappa shape index (κ2) is 6.98. The largest absolute Gasteiger partial charge is 0.340 e. The molecule has 0 saturated carbocycles. The molecule has 21 heavy (non-hydrogen) atoms. The smallest absolute Gasteiger partial charge is 0.222 e. The highest BCUT2D eigenvalue weighted by atomic mass is 19.2. The molecular weight excluding hydrogens is 274 g/mol. The van der Waals surface area contributed by atoms with E-state index in [-0.39, 0.29) is 5.91 Å². The molecule has 0 spiro atoms. The third-order valence-corrected chi connectivity index (χ3v) is 4.01. The Balaban J connectivity index is 1.81. The van der Waals surface area contributed by atoms with Crippen LogP contribution < -0.4 is 0 Å². The summed E-state index contributed by atoms with van der Waals surface area (Å²) in [5.41, 5.74) is 0.656. The Hall–Kier alpha value is -1.49. The zero-order valence-corrected chi connectivity index (χ0v) is 12.6. The first-order valence-electron chi connectivity index (χ1n) is 7.43. The Morgan fingerprint density at radius 2 is 1.81 bits per heavy atom. The van der Waals surface area contributed by atoms with Gasteiger partial charge in [-0.05, 0) is 38.0 Å². The Bertz CT molecular complexity index is 497. The average Bonchev–Trinajstić information content (AvgIpc) is 2.48. The molecule has 5 heteroatoms. The van der Waals surface area contributed by atoms with E-state index in [0.29, 0.717) is 24.4 Å². The lowest BCUT2D eigenvalue weighted by atomic mass is 10.1. The molecule has 3 nitrogen and oxygen atoms in total. The second-order valence-electron chi connectivity index (χ2n) is 5.76. The van der Waals surface area contributed by atoms with E-state index < -0.39 is 11.6 Å². The maximum Gasteiger partial charge on any atom is 0.222 e. The summed E-state index contributed by atoms with van der Waals surface area (Å²) < 4.78 is 25.9. The molecule has 1 saturated heterocycles. The van der Waals surface area contributed by atoms with Crippen LogP contribution in [0.25, 0.3) is 0 Å². The highest BCUT2D eigenvalue weighted by Gasteiger charge is 2.22. The van der Waals surface area contributed by atoms with Crippen molar-refractivity contribution in [1.82, 2.24) is 9.80 Å². The molecule has 0 atom stereocenters. The van der Waals surface area contributed by atoms with Gasteiger partial charge in [-0.2, -0.15) is 0 Å². The van der Waals surface area contributed by atoms with Gasteiger partial charge < -0.3 is 4.90 Å². The van der Waals surface area contributed by atoms with Gasteiger partial charge in [0.25, 0.3) is 0 Å². The standard InChI is InChI=1S/C16H22F2N2O/c1-12(2)19-7-9-20(10-8-19)16(21)6-4-13-3-5-14(17)15(18)11-13/h3,5,11-12H,4,6-10H2,1-2H3. The van der Waals surface area contributed by atoms with Crippen molar-refractivity contribution in [3.05, 3.63) is 35.4 Å². The van der Waals surface area contributed by atoms with E-state index in [0.717, 1.165) is 32.2 Å². The lowest BCUT2D eigenvalue weighted by Crippen LogP contribution is -2.50. The zero-order valence-electron chi connectivity index (χ0n) is 12.6. The van der Waals surface area contributed by atoms with Crippen LogP contribution in [0.5, 0.6) is 0 Å². The first-order valence-corrected chi connectivity index (χ1v) is 7.43. The van der Waals surface area contributed by atoms with E-state index >= 15 is 0 Å². The molecule has 2 rings (SSSR count). The summed E-state index contributed by atoms with van der Waals surface area (Å²) >= 11 is 0. The number of hydrogen-bond acceptors (Lipinski definition) is 2. The van der Waals surface area contributed by atoms with Crippen LogP contribution in [0.1, 0.15) is 25.8 Å². The molecule has 0 radical (unpaired) electrons. The number of piperazine rings is 1. The van der Waals surface area contributed by atoms with E-state index in [1.807, 2.05) is 4.90 Å². The van der Waals surface area contributed by atoms with Crippen molar-refractivity contribution < 1.29 is 13.6 Å². The molecular formula is C16H22F2N2O. The molecule has 0 N–H and O–H groups in total. The summed E-state index contributed by atoms with van der Waals surface area (Å²) in [5, 5.41) is 0. The lowest BCUT2D eigenvalue weighted by molar-refractivity contribution is -0.133. The SMILES string of the molecule is CC(C)N1CCN(C(=O)CCc2ccc(F)c(F)c2)CC1. The van der Waals surface area contributed by atoms with E-state index in [1.165, 1.54) is 12.1 Å². The summed E-state index contributed by atoms with van der Waals surface area (Å²) in [7, 11) is 0. The maximum atomic E-state index is 13.1. The van der Waals surface area contributed by atoms with Gasteiger partial charge in [-0.1, -0.05) is 6.07 Å². The van der Waals surface area contributed by atoms with Crippen LogP contribution in [0.2, 0.25) is 0 Å². The van der Waals surface area contributed by atoms with Crippen molar-refractivity contribution >= 4 is 5.91 Å². The molecule has 0 unspecified atom stereocenters. The monoisotopic (exact) mass is 296 g/mol. The minimum Gasteiger partial charge on any atom is -0.340 e. The Kier molecular flexibility index (Phi) is 5.28. The summed E-state index contributed by atoms with van der Waals surface area (Å²) in [6, 6.07) is 4.31. The first-order chi connectivity index (χ1) is 9.97. The van der Waals surface area contributed by atoms with Crippen LogP contribution in [0.4, 0.5) is 8.78 Å². The van der Waals surface area contributed by atoms with Crippen LogP contribution >= 0.6 is 0 Å². The Labute approximate surface area is 124 Å². The zero-order chi connectivity index (χ0) is 15.4. The highest BCUT2D eigenvalue weighted by Crippen LogP contribution is 2.12. The topological polar surface area (TPSA) is 23.6 Å². The van der Waals surface area contributed by atoms with Crippen molar-refractivity contribution in [2.45, 2.75) is 32.7 Å². The van der Waals surface area contributed by atoms with Crippen molar-refractivity contribution in [2.24, 2.45) is 0 Å². The number of aryl methyl sites for hydroxylation is 1. The molecule has 1 fully saturated rings. The second-order valence-corrected chi connectivity index (χ2v) is 5.76. The summed E-state index contributed by atoms with van der Waals surface area (Å²) in [6.45, 7) is 7.59. The van der Waals surface area contributed by atoms with Crippen LogP contribution in [0.15, 0.2) is 18.2 Å². The van der Waals surface area contributed by atoms with Crippen molar-refractivity contribution in [2.75, 3.05) is 26.2 Å². The van der Waals surface area contributed by atoms with Gasteiger partial charge in [0.1, 0.15) is 0 Å². The third-order valence-electron chi connectivity index (χ3n) is 4.01. The van der Waals surface area contributed by atoms with Crippen LogP contribution in [-0.2, 0) is 11.2 Å². The van der Waals surface area contributed by atoms with Gasteiger partial charge in [-0.15, -0.1) is 0 Å². The van der Waals surface area contributed by atoms with Crippen LogP contribution in [0.3, 0.4) is 0 Å². The Morgan fingerprint density at radius 3 is 2.38 bits per heavy atom. The van der Waals surface area contributed by atoms with E-state index in [2.05, 4.69) is 18.7 Å². The van der Waals surface area contributed by atoms with Gasteiger partial charge in [0.2, 0.25) is 5.91 Å². The van der Waals surface area contributed by atoms with Crippen LogP contribution in [-0.4, -0.2) is 47.9 Å². The van der Waals surface area contributed by atoms with Gasteiger partial charge in [-0.3, -0.25) is 9.69 Å².